The van der Waals surface area contributed by atoms with Gasteiger partial charge in [-0.05, 0) is 66.3 Å². The Bertz CT molecular complexity index is 1730. The predicted octanol–water partition coefficient (Wildman–Crippen LogP) is 3.98. The quantitative estimate of drug-likeness (QED) is 0.273. The number of anilines is 2. The highest BCUT2D eigenvalue weighted by molar-refractivity contribution is 5.81. The van der Waals surface area contributed by atoms with Crippen LogP contribution in [0.1, 0.15) is 52.1 Å². The van der Waals surface area contributed by atoms with Crippen molar-refractivity contribution in [2.24, 2.45) is 0 Å². The Morgan fingerprint density at radius 2 is 1.95 bits per heavy atom. The standard InChI is InChI=1S/C33H35N7O3/c1-21-24(9-14-30(34)38-21)17-37-32(41)28-13-10-26-18-35-31(33(42)40(26)28)36-19-29(23-7-11-27(43-2)12-8-23)39-16-15-22-5-3-4-6-25(22)20-39/h3-9,11-12,14-16,18,28-29H,10,13,17,19-20H2,1-2H3,(H2,34,38)(H,35,36)(H,37,41)/t28-,29-/m0/s1. The van der Waals surface area contributed by atoms with E-state index < -0.39 is 6.04 Å². The third kappa shape index (κ3) is 5.81. The number of ether oxygens (including phenoxy) is 1. The van der Waals surface area contributed by atoms with Crippen molar-refractivity contribution in [3.05, 3.63) is 117 Å². The van der Waals surface area contributed by atoms with Crippen molar-refractivity contribution >= 4 is 23.6 Å². The number of nitrogens with zero attached hydrogens (tertiary/aromatic N) is 4. The number of pyridine rings is 1. The van der Waals surface area contributed by atoms with Crippen LogP contribution in [0.3, 0.4) is 0 Å². The number of benzene rings is 2. The molecule has 10 heteroatoms. The van der Waals surface area contributed by atoms with Gasteiger partial charge in [-0.15, -0.1) is 0 Å². The van der Waals surface area contributed by atoms with E-state index in [1.807, 2.05) is 49.4 Å². The van der Waals surface area contributed by atoms with E-state index in [0.717, 1.165) is 34.8 Å². The minimum atomic E-state index is -0.605. The molecule has 1 amide bonds. The Morgan fingerprint density at radius 3 is 2.74 bits per heavy atom. The molecule has 2 aromatic heterocycles. The minimum absolute atomic E-state index is 0.0918. The maximum Gasteiger partial charge on any atom is 0.294 e. The van der Waals surface area contributed by atoms with Crippen molar-refractivity contribution in [1.82, 2.24) is 24.8 Å². The number of aromatic nitrogens is 3. The number of hydrogen-bond donors (Lipinski definition) is 3. The molecule has 0 saturated heterocycles. The van der Waals surface area contributed by atoms with Gasteiger partial charge in [-0.1, -0.05) is 42.5 Å². The largest absolute Gasteiger partial charge is 0.497 e. The van der Waals surface area contributed by atoms with Crippen molar-refractivity contribution in [3.63, 3.8) is 0 Å². The van der Waals surface area contributed by atoms with Crippen LogP contribution in [-0.2, 0) is 24.3 Å². The summed E-state index contributed by atoms with van der Waals surface area (Å²) < 4.78 is 6.95. The van der Waals surface area contributed by atoms with E-state index in [1.165, 1.54) is 11.1 Å². The highest BCUT2D eigenvalue weighted by atomic mass is 16.5. The Hall–Kier alpha value is -5.12. The summed E-state index contributed by atoms with van der Waals surface area (Å²) in [4.78, 5) is 38.0. The van der Waals surface area contributed by atoms with Crippen LogP contribution in [0.5, 0.6) is 5.75 Å². The average Bonchev–Trinajstić information content (AvgIpc) is 3.47. The summed E-state index contributed by atoms with van der Waals surface area (Å²) in [6.45, 7) is 3.33. The van der Waals surface area contributed by atoms with E-state index in [2.05, 4.69) is 49.9 Å². The summed E-state index contributed by atoms with van der Waals surface area (Å²) in [7, 11) is 1.65. The monoisotopic (exact) mass is 577 g/mol. The number of aryl methyl sites for hydroxylation is 2. The second-order valence-corrected chi connectivity index (χ2v) is 10.9. The first-order chi connectivity index (χ1) is 20.9. The Morgan fingerprint density at radius 1 is 1.14 bits per heavy atom. The lowest BCUT2D eigenvalue weighted by Crippen LogP contribution is -2.37. The molecule has 0 unspecified atom stereocenters. The van der Waals surface area contributed by atoms with Gasteiger partial charge >= 0.3 is 0 Å². The molecule has 2 aromatic carbocycles. The molecule has 4 heterocycles. The minimum Gasteiger partial charge on any atom is -0.497 e. The molecule has 2 aliphatic heterocycles. The number of carbonyl (C=O) groups excluding carboxylic acids is 1. The van der Waals surface area contributed by atoms with E-state index in [9.17, 15) is 9.59 Å². The number of nitrogen functional groups attached to an aromatic ring is 1. The number of fused-ring (bicyclic) bond motifs is 2. The summed E-state index contributed by atoms with van der Waals surface area (Å²) in [6, 6.07) is 19.2. The molecule has 0 fully saturated rings. The Labute approximate surface area is 250 Å². The van der Waals surface area contributed by atoms with Crippen LogP contribution in [0.4, 0.5) is 11.6 Å². The number of methoxy groups -OCH3 is 1. The van der Waals surface area contributed by atoms with Gasteiger partial charge in [0.15, 0.2) is 5.82 Å². The number of amides is 1. The van der Waals surface area contributed by atoms with Crippen LogP contribution in [-0.4, -0.2) is 39.0 Å². The van der Waals surface area contributed by atoms with Crippen LogP contribution in [0.25, 0.3) is 6.08 Å². The first-order valence-corrected chi connectivity index (χ1v) is 14.4. The van der Waals surface area contributed by atoms with E-state index in [1.54, 1.807) is 23.9 Å². The molecule has 4 N–H and O–H groups in total. The van der Waals surface area contributed by atoms with Crippen molar-refractivity contribution < 1.29 is 9.53 Å². The number of hydrogen-bond acceptors (Lipinski definition) is 8. The second kappa shape index (κ2) is 12.0. The second-order valence-electron chi connectivity index (χ2n) is 10.9. The predicted molar refractivity (Wildman–Crippen MR) is 166 cm³/mol. The zero-order chi connectivity index (χ0) is 29.9. The van der Waals surface area contributed by atoms with Crippen LogP contribution >= 0.6 is 0 Å². The Balaban J connectivity index is 1.21. The third-order valence-electron chi connectivity index (χ3n) is 8.25. The third-order valence-corrected chi connectivity index (χ3v) is 8.25. The molecule has 4 aromatic rings. The molecule has 6 rings (SSSR count). The van der Waals surface area contributed by atoms with Crippen molar-refractivity contribution in [3.8, 4) is 5.75 Å². The molecule has 220 valence electrons. The summed E-state index contributed by atoms with van der Waals surface area (Å²) in [5, 5.41) is 6.29. The Kier molecular flexibility index (Phi) is 7.83. The van der Waals surface area contributed by atoms with E-state index >= 15 is 0 Å². The number of rotatable bonds is 9. The van der Waals surface area contributed by atoms with Gasteiger partial charge in [0.2, 0.25) is 5.91 Å². The first-order valence-electron chi connectivity index (χ1n) is 14.4. The molecular weight excluding hydrogens is 542 g/mol. The molecule has 2 atom stereocenters. The fourth-order valence-electron chi connectivity index (χ4n) is 5.83. The van der Waals surface area contributed by atoms with E-state index in [4.69, 9.17) is 10.5 Å². The van der Waals surface area contributed by atoms with Gasteiger partial charge in [0.05, 0.1) is 13.2 Å². The van der Waals surface area contributed by atoms with Gasteiger partial charge in [-0.3, -0.25) is 14.2 Å². The summed E-state index contributed by atoms with van der Waals surface area (Å²) >= 11 is 0. The lowest BCUT2D eigenvalue weighted by molar-refractivity contribution is -0.124. The number of nitrogens with two attached hydrogens (primary N) is 1. The maximum absolute atomic E-state index is 13.7. The van der Waals surface area contributed by atoms with Gasteiger partial charge in [0.1, 0.15) is 17.6 Å². The maximum atomic E-state index is 13.7. The van der Waals surface area contributed by atoms with Crippen molar-refractivity contribution in [2.75, 3.05) is 24.7 Å². The topological polar surface area (TPSA) is 127 Å². The normalized spacial score (nSPS) is 15.9. The van der Waals surface area contributed by atoms with Gasteiger partial charge in [0, 0.05) is 43.4 Å². The average molecular weight is 578 g/mol. The SMILES string of the molecule is COc1ccc([C@H](CNc2ncc3n(c2=O)[C@H](C(=O)NCc2ccc(N)nc2C)CC3)N2C=Cc3ccccc3C2)cc1. The number of nitrogens with one attached hydrogen (secondary N) is 2. The number of carbonyl (C=O) groups is 1. The van der Waals surface area contributed by atoms with Crippen molar-refractivity contribution in [1.29, 1.82) is 0 Å². The van der Waals surface area contributed by atoms with E-state index in [0.29, 0.717) is 31.7 Å². The summed E-state index contributed by atoms with van der Waals surface area (Å²) in [5.74, 6) is 1.23. The van der Waals surface area contributed by atoms with Gasteiger partial charge < -0.3 is 26.0 Å². The summed E-state index contributed by atoms with van der Waals surface area (Å²) in [5.41, 5.74) is 11.4. The van der Waals surface area contributed by atoms with Crippen LogP contribution in [0.2, 0.25) is 0 Å². The van der Waals surface area contributed by atoms with Crippen LogP contribution < -0.4 is 26.7 Å². The molecular formula is C33H35N7O3. The molecule has 2 aliphatic rings. The van der Waals surface area contributed by atoms with Crippen molar-refractivity contribution in [2.45, 2.75) is 44.9 Å². The fourth-order valence-corrected chi connectivity index (χ4v) is 5.83. The van der Waals surface area contributed by atoms with Crippen LogP contribution in [0, 0.1) is 6.92 Å². The smallest absolute Gasteiger partial charge is 0.294 e. The summed E-state index contributed by atoms with van der Waals surface area (Å²) in [6.07, 6.45) is 7.06. The molecule has 0 bridgehead atoms. The lowest BCUT2D eigenvalue weighted by atomic mass is 9.99. The fraction of sp³-hybridized carbons (Fsp3) is 0.273. The van der Waals surface area contributed by atoms with E-state index in [-0.39, 0.29) is 23.3 Å². The molecule has 0 spiro atoms. The highest BCUT2D eigenvalue weighted by Gasteiger charge is 2.31. The zero-order valence-electron chi connectivity index (χ0n) is 24.3. The van der Waals surface area contributed by atoms with Gasteiger partial charge in [-0.25, -0.2) is 9.97 Å². The molecule has 0 saturated carbocycles. The highest BCUT2D eigenvalue weighted by Crippen LogP contribution is 2.30. The molecule has 0 aliphatic carbocycles. The molecule has 0 radical (unpaired) electrons. The van der Waals surface area contributed by atoms with Gasteiger partial charge in [-0.2, -0.15) is 0 Å². The van der Waals surface area contributed by atoms with Gasteiger partial charge in [0.25, 0.3) is 5.56 Å². The molecule has 10 nitrogen and oxygen atoms in total. The van der Waals surface area contributed by atoms with Crippen LogP contribution in [0.15, 0.2) is 77.9 Å². The zero-order valence-corrected chi connectivity index (χ0v) is 24.3. The lowest BCUT2D eigenvalue weighted by Gasteiger charge is -2.34. The molecule has 43 heavy (non-hydrogen) atoms. The first kappa shape index (κ1) is 28.0.